The van der Waals surface area contributed by atoms with Gasteiger partial charge in [0.25, 0.3) is 0 Å². The monoisotopic (exact) mass is 418 g/mol. The predicted molar refractivity (Wildman–Crippen MR) is 113 cm³/mol. The van der Waals surface area contributed by atoms with E-state index in [9.17, 15) is 0 Å². The first-order valence-corrected chi connectivity index (χ1v) is 10.4. The second kappa shape index (κ2) is 10.9. The number of ether oxygens (including phenoxy) is 3. The molecule has 8 heteroatoms. The lowest BCUT2D eigenvalue weighted by molar-refractivity contribution is 0.152. The van der Waals surface area contributed by atoms with Crippen molar-refractivity contribution in [2.75, 3.05) is 26.3 Å². The zero-order valence-corrected chi connectivity index (χ0v) is 17.6. The van der Waals surface area contributed by atoms with Crippen LogP contribution < -0.4 is 19.7 Å². The second-order valence-electron chi connectivity index (χ2n) is 6.54. The summed E-state index contributed by atoms with van der Waals surface area (Å²) in [6.45, 7) is 6.76. The van der Waals surface area contributed by atoms with Crippen LogP contribution in [-0.2, 0) is 0 Å². The first-order valence-electron chi connectivity index (χ1n) is 9.98. The van der Waals surface area contributed by atoms with Gasteiger partial charge in [0.2, 0.25) is 0 Å². The van der Waals surface area contributed by atoms with Gasteiger partial charge in [-0.05, 0) is 51.0 Å². The van der Waals surface area contributed by atoms with Crippen molar-refractivity contribution in [1.82, 2.24) is 10.5 Å². The molecule has 0 bridgehead atoms. The normalized spacial score (nSPS) is 14.7. The zero-order chi connectivity index (χ0) is 20.5. The standard InChI is InChI=1S/C21H27ClN4O3/c1-3-27-19-15-21(29-17-10-8-16(22)9-11-17)20(28-4-2)14-18(19)23-24-25-26-12-6-5-7-13-26/h8-11,14-15H,3-7,12-13H2,1-2H3,(H,23,25). The van der Waals surface area contributed by atoms with Crippen LogP contribution >= 0.6 is 11.6 Å². The second-order valence-corrected chi connectivity index (χ2v) is 6.97. The molecule has 0 amide bonds. The van der Waals surface area contributed by atoms with E-state index in [1.807, 2.05) is 13.8 Å². The van der Waals surface area contributed by atoms with Crippen LogP contribution in [0.5, 0.6) is 23.0 Å². The summed E-state index contributed by atoms with van der Waals surface area (Å²) in [6.07, 6.45) is 3.59. The number of nitrogens with zero attached hydrogens (tertiary/aromatic N) is 3. The Hall–Kier alpha value is -2.51. The van der Waals surface area contributed by atoms with Crippen LogP contribution in [0.4, 0.5) is 5.69 Å². The third-order valence-corrected chi connectivity index (χ3v) is 4.62. The summed E-state index contributed by atoms with van der Waals surface area (Å²) in [7, 11) is 0. The molecule has 7 nitrogen and oxygen atoms in total. The summed E-state index contributed by atoms with van der Waals surface area (Å²) in [6, 6.07) is 10.7. The topological polar surface area (TPSA) is 67.7 Å². The lowest BCUT2D eigenvalue weighted by atomic mass is 10.2. The van der Waals surface area contributed by atoms with Crippen molar-refractivity contribution < 1.29 is 14.2 Å². The SMILES string of the molecule is CCOc1cc(Oc2ccc(Cl)cc2)c(OCC)cc1N=NNN1CCCCC1. The minimum absolute atomic E-state index is 0.494. The van der Waals surface area contributed by atoms with Gasteiger partial charge in [0.05, 0.1) is 13.2 Å². The molecule has 0 unspecified atom stereocenters. The Kier molecular flexibility index (Phi) is 7.95. The van der Waals surface area contributed by atoms with Gasteiger partial charge in [0.1, 0.15) is 11.4 Å². The highest BCUT2D eigenvalue weighted by molar-refractivity contribution is 6.30. The van der Waals surface area contributed by atoms with E-state index in [1.54, 1.807) is 36.4 Å². The van der Waals surface area contributed by atoms with E-state index in [-0.39, 0.29) is 0 Å². The van der Waals surface area contributed by atoms with Crippen LogP contribution in [0, 0.1) is 0 Å². The summed E-state index contributed by atoms with van der Waals surface area (Å²) >= 11 is 5.96. The molecule has 1 aliphatic heterocycles. The van der Waals surface area contributed by atoms with Crippen molar-refractivity contribution >= 4 is 17.3 Å². The van der Waals surface area contributed by atoms with Crippen molar-refractivity contribution in [3.05, 3.63) is 41.4 Å². The maximum absolute atomic E-state index is 6.00. The molecule has 0 atom stereocenters. The van der Waals surface area contributed by atoms with Crippen LogP contribution in [0.25, 0.3) is 0 Å². The third-order valence-electron chi connectivity index (χ3n) is 4.37. The molecule has 156 valence electrons. The molecule has 0 aromatic heterocycles. The Morgan fingerprint density at radius 2 is 1.62 bits per heavy atom. The average molecular weight is 419 g/mol. The van der Waals surface area contributed by atoms with Crippen LogP contribution in [-0.4, -0.2) is 31.3 Å². The quantitative estimate of drug-likeness (QED) is 0.404. The molecule has 2 aromatic rings. The lowest BCUT2D eigenvalue weighted by Crippen LogP contribution is -2.38. The van der Waals surface area contributed by atoms with Gasteiger partial charge in [-0.1, -0.05) is 23.2 Å². The largest absolute Gasteiger partial charge is 0.491 e. The Bertz CT molecular complexity index is 808. The van der Waals surface area contributed by atoms with Gasteiger partial charge in [-0.15, -0.1) is 5.11 Å². The van der Waals surface area contributed by atoms with Crippen LogP contribution in [0.15, 0.2) is 46.7 Å². The molecule has 1 heterocycles. The van der Waals surface area contributed by atoms with Gasteiger partial charge in [-0.25, -0.2) is 10.5 Å². The summed E-state index contributed by atoms with van der Waals surface area (Å²) in [5, 5.41) is 11.2. The number of hydrogen-bond acceptors (Lipinski definition) is 6. The molecule has 2 aromatic carbocycles. The Labute approximate surface area is 176 Å². The van der Waals surface area contributed by atoms with Gasteiger partial charge >= 0.3 is 0 Å². The van der Waals surface area contributed by atoms with Crippen molar-refractivity contribution in [2.24, 2.45) is 10.3 Å². The smallest absolute Gasteiger partial charge is 0.173 e. The lowest BCUT2D eigenvalue weighted by Gasteiger charge is -2.24. The van der Waals surface area contributed by atoms with Crippen LogP contribution in [0.2, 0.25) is 5.02 Å². The fraction of sp³-hybridized carbons (Fsp3) is 0.429. The maximum Gasteiger partial charge on any atom is 0.173 e. The zero-order valence-electron chi connectivity index (χ0n) is 16.9. The minimum Gasteiger partial charge on any atom is -0.491 e. The Morgan fingerprint density at radius 3 is 2.31 bits per heavy atom. The van der Waals surface area contributed by atoms with Gasteiger partial charge in [0.15, 0.2) is 17.2 Å². The maximum atomic E-state index is 6.00. The molecule has 1 aliphatic rings. The number of halogens is 1. The summed E-state index contributed by atoms with van der Waals surface area (Å²) in [4.78, 5) is 0. The molecule has 0 aliphatic carbocycles. The first kappa shape index (κ1) is 21.2. The van der Waals surface area contributed by atoms with Crippen LogP contribution in [0.3, 0.4) is 0 Å². The highest BCUT2D eigenvalue weighted by Crippen LogP contribution is 2.42. The number of hydrogen-bond donors (Lipinski definition) is 1. The van der Waals surface area contributed by atoms with Crippen molar-refractivity contribution in [1.29, 1.82) is 0 Å². The van der Waals surface area contributed by atoms with E-state index in [0.717, 1.165) is 25.9 Å². The predicted octanol–water partition coefficient (Wildman–Crippen LogP) is 5.92. The summed E-state index contributed by atoms with van der Waals surface area (Å²) in [5.41, 5.74) is 3.57. The molecule has 29 heavy (non-hydrogen) atoms. The highest BCUT2D eigenvalue weighted by Gasteiger charge is 2.15. The van der Waals surface area contributed by atoms with Gasteiger partial charge in [0, 0.05) is 30.2 Å². The van der Waals surface area contributed by atoms with Gasteiger partial charge < -0.3 is 14.2 Å². The van der Waals surface area contributed by atoms with Crippen molar-refractivity contribution in [3.8, 4) is 23.0 Å². The molecule has 0 saturated carbocycles. The number of rotatable bonds is 9. The van der Waals surface area contributed by atoms with Crippen molar-refractivity contribution in [2.45, 2.75) is 33.1 Å². The molecule has 0 radical (unpaired) electrons. The summed E-state index contributed by atoms with van der Waals surface area (Å²) in [5.74, 6) is 2.33. The fourth-order valence-electron chi connectivity index (χ4n) is 2.99. The van der Waals surface area contributed by atoms with E-state index < -0.39 is 0 Å². The van der Waals surface area contributed by atoms with Gasteiger partial charge in [-0.3, -0.25) is 0 Å². The third kappa shape index (κ3) is 6.24. The van der Waals surface area contributed by atoms with E-state index in [4.69, 9.17) is 25.8 Å². The highest BCUT2D eigenvalue weighted by atomic mass is 35.5. The number of hydrazine groups is 1. The molecule has 3 rings (SSSR count). The number of benzene rings is 2. The summed E-state index contributed by atoms with van der Waals surface area (Å²) < 4.78 is 17.5. The Balaban J connectivity index is 1.82. The van der Waals surface area contributed by atoms with E-state index in [0.29, 0.717) is 46.9 Å². The molecule has 1 N–H and O–H groups in total. The van der Waals surface area contributed by atoms with E-state index >= 15 is 0 Å². The molecule has 1 saturated heterocycles. The van der Waals surface area contributed by atoms with E-state index in [2.05, 4.69) is 20.9 Å². The average Bonchev–Trinajstić information content (AvgIpc) is 2.73. The fourth-order valence-corrected chi connectivity index (χ4v) is 3.12. The first-order chi connectivity index (χ1) is 14.2. The van der Waals surface area contributed by atoms with E-state index in [1.165, 1.54) is 6.42 Å². The number of nitrogens with one attached hydrogen (secondary N) is 1. The van der Waals surface area contributed by atoms with Gasteiger partial charge in [-0.2, -0.15) is 0 Å². The Morgan fingerprint density at radius 1 is 0.931 bits per heavy atom. The van der Waals surface area contributed by atoms with Crippen molar-refractivity contribution in [3.63, 3.8) is 0 Å². The van der Waals surface area contributed by atoms with Crippen LogP contribution in [0.1, 0.15) is 33.1 Å². The minimum atomic E-state index is 0.494. The molecule has 1 fully saturated rings. The molecule has 0 spiro atoms. The number of piperidine rings is 1. The molecular weight excluding hydrogens is 392 g/mol. The molecular formula is C21H27ClN4O3.